The minimum absolute atomic E-state index is 0.365. The summed E-state index contributed by atoms with van der Waals surface area (Å²) in [7, 11) is 0. The van der Waals surface area contributed by atoms with E-state index in [1.54, 1.807) is 18.2 Å². The molecule has 1 fully saturated rings. The van der Waals surface area contributed by atoms with Crippen LogP contribution in [0.2, 0.25) is 0 Å². The summed E-state index contributed by atoms with van der Waals surface area (Å²) >= 11 is 0. The predicted molar refractivity (Wildman–Crippen MR) is 88.9 cm³/mol. The van der Waals surface area contributed by atoms with Gasteiger partial charge in [-0.3, -0.25) is 9.59 Å². The Labute approximate surface area is 141 Å². The van der Waals surface area contributed by atoms with E-state index in [0.717, 1.165) is 18.4 Å². The Bertz CT molecular complexity index is 685. The average Bonchev–Trinajstić information content (AvgIpc) is 3.06. The molecule has 1 aromatic rings. The van der Waals surface area contributed by atoms with Crippen LogP contribution in [0.1, 0.15) is 48.0 Å². The molecule has 0 amide bonds. The number of carboxylic acids is 2. The quantitative estimate of drug-likeness (QED) is 0.590. The molecule has 1 unspecified atom stereocenters. The molecule has 0 aromatic heterocycles. The largest absolute Gasteiger partial charge is 0.481 e. The van der Waals surface area contributed by atoms with Gasteiger partial charge in [-0.15, -0.1) is 0 Å². The molecule has 1 atom stereocenters. The van der Waals surface area contributed by atoms with Crippen LogP contribution in [0.5, 0.6) is 0 Å². The maximum absolute atomic E-state index is 12.7. The fraction of sp³-hybridized carbons (Fsp3) is 0.421. The van der Waals surface area contributed by atoms with Crippen LogP contribution in [0.15, 0.2) is 36.4 Å². The van der Waals surface area contributed by atoms with E-state index in [-0.39, 0.29) is 18.1 Å². The Kier molecular flexibility index (Phi) is 5.22. The molecular formula is C19H22O5. The number of carbonyl (C=O) groups excluding carboxylic acids is 1. The van der Waals surface area contributed by atoms with Crippen molar-refractivity contribution in [2.24, 2.45) is 11.3 Å². The highest BCUT2D eigenvalue weighted by molar-refractivity contribution is 6.03. The van der Waals surface area contributed by atoms with Crippen LogP contribution in [0.25, 0.3) is 0 Å². The zero-order valence-electron chi connectivity index (χ0n) is 13.7. The van der Waals surface area contributed by atoms with E-state index in [2.05, 4.69) is 6.58 Å². The minimum Gasteiger partial charge on any atom is -0.481 e. The van der Waals surface area contributed by atoms with Crippen LogP contribution in [0, 0.1) is 18.3 Å². The summed E-state index contributed by atoms with van der Waals surface area (Å²) in [5, 5.41) is 19.3. The van der Waals surface area contributed by atoms with Gasteiger partial charge in [0.05, 0.1) is 0 Å². The molecule has 5 heteroatoms. The smallest absolute Gasteiger partial charge is 0.332 e. The zero-order chi connectivity index (χ0) is 17.9. The fourth-order valence-electron chi connectivity index (χ4n) is 3.66. The topological polar surface area (TPSA) is 91.7 Å². The number of ketones is 1. The van der Waals surface area contributed by atoms with Gasteiger partial charge in [0.15, 0.2) is 5.78 Å². The van der Waals surface area contributed by atoms with Gasteiger partial charge >= 0.3 is 11.9 Å². The number of rotatable bonds is 7. The molecule has 1 aliphatic carbocycles. The molecule has 0 aliphatic heterocycles. The Morgan fingerprint density at radius 3 is 2.33 bits per heavy atom. The summed E-state index contributed by atoms with van der Waals surface area (Å²) in [6.45, 7) is 5.37. The van der Waals surface area contributed by atoms with Crippen molar-refractivity contribution < 1.29 is 24.6 Å². The summed E-state index contributed by atoms with van der Waals surface area (Å²) in [5.41, 5.74) is -0.859. The number of hydrogen-bond donors (Lipinski definition) is 2. The van der Waals surface area contributed by atoms with Crippen LogP contribution in [-0.2, 0) is 9.59 Å². The Balaban J connectivity index is 2.45. The van der Waals surface area contributed by atoms with E-state index >= 15 is 0 Å². The van der Waals surface area contributed by atoms with Crippen LogP contribution < -0.4 is 0 Å². The van der Waals surface area contributed by atoms with Gasteiger partial charge in [0.2, 0.25) is 0 Å². The van der Waals surface area contributed by atoms with Gasteiger partial charge < -0.3 is 10.2 Å². The number of benzene rings is 1. The predicted octanol–water partition coefficient (Wildman–Crippen LogP) is 3.47. The number of aliphatic carboxylic acids is 2. The van der Waals surface area contributed by atoms with Crippen molar-refractivity contribution in [1.82, 2.24) is 0 Å². The van der Waals surface area contributed by atoms with E-state index < -0.39 is 22.9 Å². The van der Waals surface area contributed by atoms with Crippen LogP contribution in [0.4, 0.5) is 0 Å². The SMILES string of the molecule is C=C(C(=O)O)C(CC(=O)c1cccc(C)c1)(C(=O)O)C1CCCC1. The highest BCUT2D eigenvalue weighted by atomic mass is 16.4. The fourth-order valence-corrected chi connectivity index (χ4v) is 3.66. The molecule has 24 heavy (non-hydrogen) atoms. The van der Waals surface area contributed by atoms with Gasteiger partial charge in [0, 0.05) is 17.6 Å². The number of hydrogen-bond acceptors (Lipinski definition) is 3. The maximum Gasteiger partial charge on any atom is 0.332 e. The maximum atomic E-state index is 12.7. The van der Waals surface area contributed by atoms with Crippen molar-refractivity contribution in [2.75, 3.05) is 0 Å². The van der Waals surface area contributed by atoms with Crippen molar-refractivity contribution in [2.45, 2.75) is 39.0 Å². The molecule has 128 valence electrons. The van der Waals surface area contributed by atoms with Gasteiger partial charge in [-0.25, -0.2) is 4.79 Å². The van der Waals surface area contributed by atoms with Gasteiger partial charge in [-0.05, 0) is 31.7 Å². The average molecular weight is 330 g/mol. The van der Waals surface area contributed by atoms with Crippen molar-refractivity contribution in [3.63, 3.8) is 0 Å². The summed E-state index contributed by atoms with van der Waals surface area (Å²) in [6, 6.07) is 6.88. The van der Waals surface area contributed by atoms with Crippen LogP contribution in [0.3, 0.4) is 0 Å². The van der Waals surface area contributed by atoms with Gasteiger partial charge in [0.1, 0.15) is 5.41 Å². The molecule has 1 saturated carbocycles. The highest BCUT2D eigenvalue weighted by Gasteiger charge is 2.52. The molecule has 1 aliphatic rings. The summed E-state index contributed by atoms with van der Waals surface area (Å²) < 4.78 is 0. The lowest BCUT2D eigenvalue weighted by atomic mass is 9.65. The molecule has 0 bridgehead atoms. The number of aryl methyl sites for hydroxylation is 1. The lowest BCUT2D eigenvalue weighted by Gasteiger charge is -2.35. The Hall–Kier alpha value is -2.43. The standard InChI is InChI=1S/C19H22O5/c1-12-6-5-7-14(10-12)16(20)11-19(18(23)24,13(2)17(21)22)15-8-3-4-9-15/h5-7,10,15H,2-4,8-9,11H2,1H3,(H,21,22)(H,23,24). The van der Waals surface area contributed by atoms with Crippen LogP contribution >= 0.6 is 0 Å². The lowest BCUT2D eigenvalue weighted by Crippen LogP contribution is -2.43. The second-order valence-electron chi connectivity index (χ2n) is 6.51. The highest BCUT2D eigenvalue weighted by Crippen LogP contribution is 2.48. The first-order valence-corrected chi connectivity index (χ1v) is 8.05. The van der Waals surface area contributed by atoms with E-state index in [9.17, 15) is 24.6 Å². The van der Waals surface area contributed by atoms with Crippen LogP contribution in [-0.4, -0.2) is 27.9 Å². The summed E-state index contributed by atoms with van der Waals surface area (Å²) in [5.74, 6) is -3.38. The molecule has 0 radical (unpaired) electrons. The van der Waals surface area contributed by atoms with E-state index in [4.69, 9.17) is 0 Å². The van der Waals surface area contributed by atoms with E-state index in [1.807, 2.05) is 13.0 Å². The molecule has 2 N–H and O–H groups in total. The van der Waals surface area contributed by atoms with Crippen molar-refractivity contribution >= 4 is 17.7 Å². The molecule has 0 heterocycles. The van der Waals surface area contributed by atoms with Gasteiger partial charge in [0.25, 0.3) is 0 Å². The molecular weight excluding hydrogens is 308 g/mol. The first-order valence-electron chi connectivity index (χ1n) is 8.05. The zero-order valence-corrected chi connectivity index (χ0v) is 13.7. The van der Waals surface area contributed by atoms with Crippen molar-refractivity contribution in [3.8, 4) is 0 Å². The molecule has 0 saturated heterocycles. The molecule has 2 rings (SSSR count). The minimum atomic E-state index is -1.75. The number of carbonyl (C=O) groups is 3. The summed E-state index contributed by atoms with van der Waals surface area (Å²) in [6.07, 6.45) is 2.50. The second kappa shape index (κ2) is 6.99. The van der Waals surface area contributed by atoms with E-state index in [0.29, 0.717) is 18.4 Å². The van der Waals surface area contributed by atoms with E-state index in [1.165, 1.54) is 0 Å². The summed E-state index contributed by atoms with van der Waals surface area (Å²) in [4.78, 5) is 36.3. The van der Waals surface area contributed by atoms with Crippen molar-refractivity contribution in [1.29, 1.82) is 0 Å². The third-order valence-corrected chi connectivity index (χ3v) is 5.01. The Morgan fingerprint density at radius 1 is 1.21 bits per heavy atom. The lowest BCUT2D eigenvalue weighted by molar-refractivity contribution is -0.153. The molecule has 1 aromatic carbocycles. The number of Topliss-reactive ketones (excluding diaryl/α,β-unsaturated/α-hetero) is 1. The second-order valence-corrected chi connectivity index (χ2v) is 6.51. The third-order valence-electron chi connectivity index (χ3n) is 5.01. The monoisotopic (exact) mass is 330 g/mol. The van der Waals surface area contributed by atoms with Gasteiger partial charge in [-0.2, -0.15) is 0 Å². The third kappa shape index (κ3) is 3.25. The number of carboxylic acid groups (broad SMARTS) is 2. The first-order chi connectivity index (χ1) is 11.3. The molecule has 0 spiro atoms. The first kappa shape index (κ1) is 17.9. The van der Waals surface area contributed by atoms with Gasteiger partial charge in [-0.1, -0.05) is 43.2 Å². The normalized spacial score (nSPS) is 17.2. The molecule has 5 nitrogen and oxygen atoms in total. The van der Waals surface area contributed by atoms with Crippen molar-refractivity contribution in [3.05, 3.63) is 47.5 Å². The Morgan fingerprint density at radius 2 is 1.83 bits per heavy atom.